The fourth-order valence-electron chi connectivity index (χ4n) is 2.61. The van der Waals surface area contributed by atoms with Crippen LogP contribution in [0.5, 0.6) is 0 Å². The van der Waals surface area contributed by atoms with Gasteiger partial charge in [-0.25, -0.2) is 0 Å². The zero-order valence-electron chi connectivity index (χ0n) is 10.8. The van der Waals surface area contributed by atoms with E-state index in [4.69, 9.17) is 9.47 Å². The Hall–Kier alpha value is -0.570. The van der Waals surface area contributed by atoms with Crippen molar-refractivity contribution in [2.75, 3.05) is 6.61 Å². The first kappa shape index (κ1) is 12.9. The summed E-state index contributed by atoms with van der Waals surface area (Å²) in [6.45, 7) is 2.81. The molecule has 1 heterocycles. The van der Waals surface area contributed by atoms with Crippen LogP contribution < -0.4 is 0 Å². The number of carbonyl (C=O) groups is 1. The van der Waals surface area contributed by atoms with E-state index in [-0.39, 0.29) is 11.9 Å². The molecule has 3 heteroatoms. The van der Waals surface area contributed by atoms with E-state index in [1.165, 1.54) is 25.7 Å². The summed E-state index contributed by atoms with van der Waals surface area (Å²) in [6, 6.07) is 0. The highest BCUT2D eigenvalue weighted by Crippen LogP contribution is 2.39. The molecule has 1 aliphatic heterocycles. The van der Waals surface area contributed by atoms with Crippen molar-refractivity contribution >= 4 is 5.97 Å². The first-order valence-electron chi connectivity index (χ1n) is 7.13. The van der Waals surface area contributed by atoms with Crippen molar-refractivity contribution in [2.24, 2.45) is 5.92 Å². The molecule has 1 saturated carbocycles. The van der Waals surface area contributed by atoms with Crippen LogP contribution in [-0.4, -0.2) is 24.8 Å². The Labute approximate surface area is 104 Å². The van der Waals surface area contributed by atoms with Gasteiger partial charge in [-0.2, -0.15) is 0 Å². The van der Waals surface area contributed by atoms with E-state index < -0.39 is 0 Å². The minimum absolute atomic E-state index is 0.00874. The molecule has 0 aromatic rings. The molecule has 1 aliphatic carbocycles. The second kappa shape index (κ2) is 6.39. The van der Waals surface area contributed by atoms with Gasteiger partial charge in [0.05, 0.1) is 24.7 Å². The van der Waals surface area contributed by atoms with Gasteiger partial charge in [0, 0.05) is 0 Å². The largest absolute Gasteiger partial charge is 0.465 e. The van der Waals surface area contributed by atoms with E-state index in [1.807, 2.05) is 0 Å². The van der Waals surface area contributed by atoms with Gasteiger partial charge < -0.3 is 9.47 Å². The number of rotatable bonds is 7. The molecular formula is C14H24O3. The second-order valence-corrected chi connectivity index (χ2v) is 5.30. The van der Waals surface area contributed by atoms with Gasteiger partial charge in [0.15, 0.2) is 0 Å². The second-order valence-electron chi connectivity index (χ2n) is 5.30. The van der Waals surface area contributed by atoms with Crippen LogP contribution in [0.4, 0.5) is 0 Å². The average Bonchev–Trinajstić information content (AvgIpc) is 3.11. The average molecular weight is 240 g/mol. The van der Waals surface area contributed by atoms with Crippen LogP contribution in [0.2, 0.25) is 0 Å². The highest BCUT2D eigenvalue weighted by molar-refractivity contribution is 5.72. The van der Waals surface area contributed by atoms with Crippen LogP contribution in [0.3, 0.4) is 0 Å². The normalized spacial score (nSPS) is 30.8. The van der Waals surface area contributed by atoms with Crippen LogP contribution in [0.25, 0.3) is 0 Å². The number of hydrogen-bond donors (Lipinski definition) is 0. The Bertz CT molecular complexity index is 252. The molecule has 3 nitrogen and oxygen atoms in total. The zero-order valence-corrected chi connectivity index (χ0v) is 10.8. The van der Waals surface area contributed by atoms with Gasteiger partial charge >= 0.3 is 5.97 Å². The summed E-state index contributed by atoms with van der Waals surface area (Å²) in [5, 5.41) is 0. The van der Waals surface area contributed by atoms with E-state index in [1.54, 1.807) is 0 Å². The number of ether oxygens (including phenoxy) is 2. The molecule has 1 saturated heterocycles. The van der Waals surface area contributed by atoms with Crippen molar-refractivity contribution in [1.29, 1.82) is 0 Å². The maximum absolute atomic E-state index is 11.8. The fourth-order valence-corrected chi connectivity index (χ4v) is 2.61. The Morgan fingerprint density at radius 3 is 2.76 bits per heavy atom. The summed E-state index contributed by atoms with van der Waals surface area (Å²) in [5.41, 5.74) is 0. The first-order valence-corrected chi connectivity index (χ1v) is 7.13. The third-order valence-corrected chi connectivity index (χ3v) is 3.83. The van der Waals surface area contributed by atoms with Gasteiger partial charge in [0.25, 0.3) is 0 Å². The number of epoxide rings is 1. The van der Waals surface area contributed by atoms with E-state index in [9.17, 15) is 4.79 Å². The molecule has 0 aromatic heterocycles. The molecule has 17 heavy (non-hydrogen) atoms. The summed E-state index contributed by atoms with van der Waals surface area (Å²) in [5.74, 6) is 0.115. The summed E-state index contributed by atoms with van der Waals surface area (Å²) < 4.78 is 10.8. The zero-order chi connectivity index (χ0) is 12.1. The predicted octanol–water partition coefficient (Wildman–Crippen LogP) is 3.07. The minimum atomic E-state index is 0.00874. The van der Waals surface area contributed by atoms with E-state index in [0.717, 1.165) is 25.7 Å². The highest BCUT2D eigenvalue weighted by atomic mass is 16.6. The molecule has 0 radical (unpaired) electrons. The topological polar surface area (TPSA) is 38.8 Å². The Morgan fingerprint density at radius 1 is 1.18 bits per heavy atom. The van der Waals surface area contributed by atoms with Crippen LogP contribution in [0.1, 0.15) is 58.3 Å². The minimum Gasteiger partial charge on any atom is -0.465 e. The third-order valence-electron chi connectivity index (χ3n) is 3.83. The van der Waals surface area contributed by atoms with Crippen molar-refractivity contribution < 1.29 is 14.3 Å². The molecule has 0 bridgehead atoms. The summed E-state index contributed by atoms with van der Waals surface area (Å²) in [7, 11) is 0. The van der Waals surface area contributed by atoms with Gasteiger partial charge in [-0.1, -0.05) is 32.6 Å². The molecule has 3 atom stereocenters. The predicted molar refractivity (Wildman–Crippen MR) is 65.7 cm³/mol. The lowest BCUT2D eigenvalue weighted by molar-refractivity contribution is -0.149. The maximum atomic E-state index is 11.8. The van der Waals surface area contributed by atoms with Gasteiger partial charge in [-0.3, -0.25) is 4.79 Å². The first-order chi connectivity index (χ1) is 8.31. The van der Waals surface area contributed by atoms with Crippen LogP contribution in [0.15, 0.2) is 0 Å². The van der Waals surface area contributed by atoms with Gasteiger partial charge in [-0.15, -0.1) is 0 Å². The van der Waals surface area contributed by atoms with Crippen molar-refractivity contribution in [2.45, 2.75) is 70.5 Å². The quantitative estimate of drug-likeness (QED) is 0.390. The molecule has 3 unspecified atom stereocenters. The molecule has 0 amide bonds. The Kier molecular flexibility index (Phi) is 4.84. The van der Waals surface area contributed by atoms with Gasteiger partial charge in [0.2, 0.25) is 0 Å². The third kappa shape index (κ3) is 3.98. The fraction of sp³-hybridized carbons (Fsp3) is 0.929. The number of unbranched alkanes of at least 4 members (excludes halogenated alkanes) is 4. The molecule has 2 fully saturated rings. The van der Waals surface area contributed by atoms with Crippen molar-refractivity contribution in [3.63, 3.8) is 0 Å². The molecular weight excluding hydrogens is 216 g/mol. The smallest absolute Gasteiger partial charge is 0.309 e. The number of esters is 1. The number of carbonyl (C=O) groups excluding carboxylic acids is 1. The monoisotopic (exact) mass is 240 g/mol. The molecule has 2 rings (SSSR count). The van der Waals surface area contributed by atoms with E-state index in [0.29, 0.717) is 18.8 Å². The lowest BCUT2D eigenvalue weighted by Crippen LogP contribution is -2.24. The highest BCUT2D eigenvalue weighted by Gasteiger charge is 2.46. The molecule has 0 N–H and O–H groups in total. The molecule has 0 spiro atoms. The van der Waals surface area contributed by atoms with Gasteiger partial charge in [-0.05, 0) is 25.7 Å². The maximum Gasteiger partial charge on any atom is 0.309 e. The molecule has 98 valence electrons. The summed E-state index contributed by atoms with van der Waals surface area (Å²) in [6.07, 6.45) is 9.71. The van der Waals surface area contributed by atoms with Crippen molar-refractivity contribution in [3.05, 3.63) is 0 Å². The summed E-state index contributed by atoms with van der Waals surface area (Å²) in [4.78, 5) is 11.8. The molecule has 0 aromatic carbocycles. The lowest BCUT2D eigenvalue weighted by atomic mass is 9.89. The van der Waals surface area contributed by atoms with E-state index in [2.05, 4.69) is 6.92 Å². The van der Waals surface area contributed by atoms with Crippen LogP contribution >= 0.6 is 0 Å². The Morgan fingerprint density at radius 2 is 2.00 bits per heavy atom. The number of fused-ring (bicyclic) bond motifs is 1. The molecule has 2 aliphatic rings. The number of hydrogen-bond acceptors (Lipinski definition) is 3. The van der Waals surface area contributed by atoms with E-state index >= 15 is 0 Å². The SMILES string of the molecule is CCCCCCCOC(=O)C1CCC2OC2C1. The lowest BCUT2D eigenvalue weighted by Gasteiger charge is -2.17. The van der Waals surface area contributed by atoms with Crippen molar-refractivity contribution in [3.8, 4) is 0 Å². The Balaban J connectivity index is 1.51. The van der Waals surface area contributed by atoms with Gasteiger partial charge in [0.1, 0.15) is 0 Å². The standard InChI is InChI=1S/C14H24O3/c1-2-3-4-5-6-9-16-14(15)11-7-8-12-13(10-11)17-12/h11-13H,2-10H2,1H3. The van der Waals surface area contributed by atoms with Crippen molar-refractivity contribution in [1.82, 2.24) is 0 Å². The van der Waals surface area contributed by atoms with Crippen LogP contribution in [-0.2, 0) is 14.3 Å². The van der Waals surface area contributed by atoms with Crippen LogP contribution in [0, 0.1) is 5.92 Å². The summed E-state index contributed by atoms with van der Waals surface area (Å²) >= 11 is 0.